The van der Waals surface area contributed by atoms with Gasteiger partial charge in [-0.1, -0.05) is 84.0 Å². The molecule has 3 unspecified atom stereocenters. The highest BCUT2D eigenvalue weighted by atomic mass is 16.4. The van der Waals surface area contributed by atoms with Crippen LogP contribution in [-0.2, 0) is 19.2 Å². The first-order valence-electron chi connectivity index (χ1n) is 14.6. The van der Waals surface area contributed by atoms with Gasteiger partial charge in [0, 0.05) is 25.9 Å². The van der Waals surface area contributed by atoms with Crippen LogP contribution in [-0.4, -0.2) is 81.5 Å². The van der Waals surface area contributed by atoms with Crippen LogP contribution < -0.4 is 5.32 Å². The molecule has 0 aromatic carbocycles. The van der Waals surface area contributed by atoms with Gasteiger partial charge in [-0.05, 0) is 19.3 Å². The first kappa shape index (κ1) is 31.1. The molecular formula is C28H49N3O6. The molecule has 0 saturated carbocycles. The van der Waals surface area contributed by atoms with E-state index in [0.29, 0.717) is 25.8 Å². The lowest BCUT2D eigenvalue weighted by Crippen LogP contribution is -2.52. The molecule has 2 aliphatic rings. The zero-order chi connectivity index (χ0) is 27.0. The van der Waals surface area contributed by atoms with Crippen LogP contribution in [0, 0.1) is 0 Å². The van der Waals surface area contributed by atoms with Gasteiger partial charge in [0.1, 0.15) is 12.1 Å². The van der Waals surface area contributed by atoms with Crippen LogP contribution in [0.25, 0.3) is 0 Å². The van der Waals surface area contributed by atoms with Gasteiger partial charge in [0.05, 0.1) is 12.6 Å². The van der Waals surface area contributed by atoms with Gasteiger partial charge >= 0.3 is 5.97 Å². The number of hydrogen-bond donors (Lipinski definition) is 3. The number of aliphatic hydroxyl groups is 1. The van der Waals surface area contributed by atoms with Crippen LogP contribution in [0.5, 0.6) is 0 Å². The van der Waals surface area contributed by atoms with Crippen molar-refractivity contribution < 1.29 is 29.4 Å². The number of amides is 3. The molecule has 2 fully saturated rings. The first-order valence-corrected chi connectivity index (χ1v) is 14.6. The molecule has 0 aromatic heterocycles. The van der Waals surface area contributed by atoms with Gasteiger partial charge in [-0.15, -0.1) is 0 Å². The normalized spacial score (nSPS) is 21.4. The summed E-state index contributed by atoms with van der Waals surface area (Å²) in [6, 6.07) is -1.81. The highest BCUT2D eigenvalue weighted by Gasteiger charge is 2.44. The summed E-state index contributed by atoms with van der Waals surface area (Å²) in [7, 11) is 0. The molecule has 0 spiro atoms. The Kier molecular flexibility index (Phi) is 14.6. The van der Waals surface area contributed by atoms with Gasteiger partial charge in [-0.25, -0.2) is 4.79 Å². The van der Waals surface area contributed by atoms with Crippen LogP contribution in [0.4, 0.5) is 0 Å². The van der Waals surface area contributed by atoms with Crippen LogP contribution in [0.15, 0.2) is 0 Å². The van der Waals surface area contributed by atoms with Crippen LogP contribution in [0.2, 0.25) is 0 Å². The van der Waals surface area contributed by atoms with Crippen molar-refractivity contribution in [3.05, 3.63) is 0 Å². The quantitative estimate of drug-likeness (QED) is 0.236. The number of β-amino-alcohol motifs (C(OH)–C–C–N with tert-alkyl or cyclic N) is 1. The fourth-order valence-corrected chi connectivity index (χ4v) is 5.47. The van der Waals surface area contributed by atoms with E-state index in [2.05, 4.69) is 12.2 Å². The zero-order valence-corrected chi connectivity index (χ0v) is 22.8. The number of carboxylic acids is 1. The van der Waals surface area contributed by atoms with Crippen molar-refractivity contribution in [2.24, 2.45) is 0 Å². The van der Waals surface area contributed by atoms with Crippen LogP contribution in [0.1, 0.15) is 116 Å². The van der Waals surface area contributed by atoms with Crippen LogP contribution in [0.3, 0.4) is 0 Å². The number of likely N-dealkylation sites (tertiary alicyclic amines) is 2. The fraction of sp³-hybridized carbons (Fsp3) is 0.857. The average molecular weight is 524 g/mol. The van der Waals surface area contributed by atoms with Gasteiger partial charge in [-0.3, -0.25) is 14.4 Å². The Labute approximate surface area is 222 Å². The first-order chi connectivity index (χ1) is 17.8. The second-order valence-electron chi connectivity index (χ2n) is 10.7. The maximum atomic E-state index is 13.0. The van der Waals surface area contributed by atoms with E-state index in [0.717, 1.165) is 19.3 Å². The zero-order valence-electron chi connectivity index (χ0n) is 22.8. The summed E-state index contributed by atoms with van der Waals surface area (Å²) in [4.78, 5) is 52.0. The molecule has 2 heterocycles. The van der Waals surface area contributed by atoms with Gasteiger partial charge in [0.2, 0.25) is 17.7 Å². The van der Waals surface area contributed by atoms with E-state index in [1.807, 2.05) is 0 Å². The number of aliphatic hydroxyl groups excluding tert-OH is 1. The van der Waals surface area contributed by atoms with E-state index in [1.165, 1.54) is 74.0 Å². The number of carbonyl (C=O) groups excluding carboxylic acids is 3. The molecule has 3 N–H and O–H groups in total. The Bertz CT molecular complexity index is 731. The maximum absolute atomic E-state index is 13.0. The molecule has 0 bridgehead atoms. The molecule has 9 heteroatoms. The van der Waals surface area contributed by atoms with Crippen molar-refractivity contribution in [3.8, 4) is 0 Å². The molecule has 37 heavy (non-hydrogen) atoms. The fourth-order valence-electron chi connectivity index (χ4n) is 5.47. The monoisotopic (exact) mass is 523 g/mol. The Morgan fingerprint density at radius 1 is 0.811 bits per heavy atom. The Morgan fingerprint density at radius 2 is 1.38 bits per heavy atom. The van der Waals surface area contributed by atoms with Gasteiger partial charge in [0.15, 0.2) is 0 Å². The Hall–Kier alpha value is -2.16. The number of nitrogens with zero attached hydrogens (tertiary/aromatic N) is 2. The predicted molar refractivity (Wildman–Crippen MR) is 142 cm³/mol. The molecule has 2 aliphatic heterocycles. The third kappa shape index (κ3) is 11.0. The van der Waals surface area contributed by atoms with Crippen molar-refractivity contribution in [1.29, 1.82) is 0 Å². The minimum atomic E-state index is -1.15. The number of carboxylic acid groups (broad SMARTS) is 1. The van der Waals surface area contributed by atoms with Crippen molar-refractivity contribution >= 4 is 23.7 Å². The summed E-state index contributed by atoms with van der Waals surface area (Å²) in [5, 5.41) is 21.9. The minimum absolute atomic E-state index is 0.00299. The lowest BCUT2D eigenvalue weighted by atomic mass is 10.0. The largest absolute Gasteiger partial charge is 0.480 e. The standard InChI is InChI=1S/C28H49N3O6/c1-2-3-4-5-6-7-8-9-10-11-12-13-14-17-25(33)29-20-26(34)30-18-15-16-23(30)27(35)31-21-22(32)19-24(31)28(36)37/h22-24,32H,2-21H2,1H3,(H,29,33)(H,36,37). The molecule has 3 amide bonds. The molecule has 0 aromatic rings. The molecule has 3 atom stereocenters. The molecule has 2 rings (SSSR count). The molecule has 0 radical (unpaired) electrons. The number of unbranched alkanes of at least 4 members (excludes halogenated alkanes) is 12. The summed E-state index contributed by atoms with van der Waals surface area (Å²) in [5.74, 6) is -2.08. The summed E-state index contributed by atoms with van der Waals surface area (Å²) >= 11 is 0. The second kappa shape index (κ2) is 17.4. The van der Waals surface area contributed by atoms with E-state index >= 15 is 0 Å². The summed E-state index contributed by atoms with van der Waals surface area (Å²) in [6.07, 6.45) is 16.7. The van der Waals surface area contributed by atoms with E-state index < -0.39 is 30.1 Å². The third-order valence-corrected chi connectivity index (χ3v) is 7.65. The van der Waals surface area contributed by atoms with Gasteiger partial charge in [-0.2, -0.15) is 0 Å². The lowest BCUT2D eigenvalue weighted by Gasteiger charge is -2.30. The molecule has 0 aliphatic carbocycles. The van der Waals surface area contributed by atoms with E-state index in [-0.39, 0.29) is 31.3 Å². The maximum Gasteiger partial charge on any atom is 0.326 e. The number of hydrogen-bond acceptors (Lipinski definition) is 5. The van der Waals surface area contributed by atoms with E-state index in [1.54, 1.807) is 0 Å². The van der Waals surface area contributed by atoms with Crippen molar-refractivity contribution in [3.63, 3.8) is 0 Å². The Morgan fingerprint density at radius 3 is 1.95 bits per heavy atom. The Balaban J connectivity index is 1.56. The second-order valence-corrected chi connectivity index (χ2v) is 10.7. The van der Waals surface area contributed by atoms with Crippen molar-refractivity contribution in [2.75, 3.05) is 19.6 Å². The summed E-state index contributed by atoms with van der Waals surface area (Å²) < 4.78 is 0. The van der Waals surface area contributed by atoms with Crippen molar-refractivity contribution in [2.45, 2.75) is 134 Å². The highest BCUT2D eigenvalue weighted by Crippen LogP contribution is 2.25. The average Bonchev–Trinajstić information content (AvgIpc) is 3.52. The number of carbonyl (C=O) groups is 4. The SMILES string of the molecule is CCCCCCCCCCCCCCCC(=O)NCC(=O)N1CCCC1C(=O)N1CC(O)CC1C(=O)O. The van der Waals surface area contributed by atoms with Crippen LogP contribution >= 0.6 is 0 Å². The van der Waals surface area contributed by atoms with E-state index in [4.69, 9.17) is 0 Å². The number of nitrogens with one attached hydrogen (secondary N) is 1. The smallest absolute Gasteiger partial charge is 0.326 e. The molecule has 212 valence electrons. The molecular weight excluding hydrogens is 474 g/mol. The van der Waals surface area contributed by atoms with Gasteiger partial charge < -0.3 is 25.3 Å². The topological polar surface area (TPSA) is 127 Å². The predicted octanol–water partition coefficient (Wildman–Crippen LogP) is 3.62. The third-order valence-electron chi connectivity index (χ3n) is 7.65. The minimum Gasteiger partial charge on any atom is -0.480 e. The highest BCUT2D eigenvalue weighted by molar-refractivity contribution is 5.92. The summed E-state index contributed by atoms with van der Waals surface area (Å²) in [6.45, 7) is 2.45. The molecule has 2 saturated heterocycles. The summed E-state index contributed by atoms with van der Waals surface area (Å²) in [5.41, 5.74) is 0. The molecule has 9 nitrogen and oxygen atoms in total. The number of rotatable bonds is 18. The van der Waals surface area contributed by atoms with E-state index in [9.17, 15) is 29.4 Å². The van der Waals surface area contributed by atoms with Crippen molar-refractivity contribution in [1.82, 2.24) is 15.1 Å². The number of aliphatic carboxylic acids is 1. The lowest BCUT2D eigenvalue weighted by molar-refractivity contribution is -0.151. The van der Waals surface area contributed by atoms with Gasteiger partial charge in [0.25, 0.3) is 0 Å².